The SMILES string of the molecule is C=C(C)OC(C)=O.C=C(C)OC(C)=O. The molecule has 0 radical (unpaired) electrons. The molecular formula is C10H16O4. The van der Waals surface area contributed by atoms with E-state index in [1.807, 2.05) is 0 Å². The molecule has 4 nitrogen and oxygen atoms in total. The summed E-state index contributed by atoms with van der Waals surface area (Å²) in [7, 11) is 0. The number of ether oxygens (including phenoxy) is 2. The molecule has 0 bridgehead atoms. The van der Waals surface area contributed by atoms with Gasteiger partial charge in [0.25, 0.3) is 0 Å². The van der Waals surface area contributed by atoms with Gasteiger partial charge in [0, 0.05) is 13.8 Å². The normalized spacial score (nSPS) is 7.71. The van der Waals surface area contributed by atoms with Crippen molar-refractivity contribution in [1.82, 2.24) is 0 Å². The Morgan fingerprint density at radius 3 is 1.00 bits per heavy atom. The maximum atomic E-state index is 9.97. The fourth-order valence-corrected chi connectivity index (χ4v) is 0.491. The maximum Gasteiger partial charge on any atom is 0.307 e. The fraction of sp³-hybridized carbons (Fsp3) is 0.400. The van der Waals surface area contributed by atoms with E-state index in [-0.39, 0.29) is 11.9 Å². The van der Waals surface area contributed by atoms with Gasteiger partial charge < -0.3 is 9.47 Å². The molecule has 0 aromatic heterocycles. The highest BCUT2D eigenvalue weighted by molar-refractivity contribution is 5.67. The summed E-state index contributed by atoms with van der Waals surface area (Å²) in [6.45, 7) is 12.6. The van der Waals surface area contributed by atoms with E-state index in [2.05, 4.69) is 22.6 Å². The summed E-state index contributed by atoms with van der Waals surface area (Å²) in [5.74, 6) is 0.250. The van der Waals surface area contributed by atoms with Crippen molar-refractivity contribution >= 4 is 11.9 Å². The third-order valence-electron chi connectivity index (χ3n) is 0.636. The monoisotopic (exact) mass is 200 g/mol. The van der Waals surface area contributed by atoms with Crippen LogP contribution in [-0.4, -0.2) is 11.9 Å². The van der Waals surface area contributed by atoms with E-state index < -0.39 is 0 Å². The minimum absolute atomic E-state index is 0.312. The second-order valence-electron chi connectivity index (χ2n) is 2.59. The average Bonchev–Trinajstić information content (AvgIpc) is 1.79. The van der Waals surface area contributed by atoms with E-state index in [4.69, 9.17) is 0 Å². The first-order valence-corrected chi connectivity index (χ1v) is 3.93. The van der Waals surface area contributed by atoms with Crippen molar-refractivity contribution < 1.29 is 19.1 Å². The summed E-state index contributed by atoms with van der Waals surface area (Å²) in [6, 6.07) is 0. The smallest absolute Gasteiger partial charge is 0.307 e. The molecule has 0 aromatic carbocycles. The van der Waals surface area contributed by atoms with E-state index >= 15 is 0 Å². The van der Waals surface area contributed by atoms with Crippen molar-refractivity contribution in [3.05, 3.63) is 24.7 Å². The Kier molecular flexibility index (Phi) is 8.57. The van der Waals surface area contributed by atoms with E-state index in [1.54, 1.807) is 13.8 Å². The molecule has 0 rings (SSSR count). The summed E-state index contributed by atoms with van der Waals surface area (Å²) < 4.78 is 8.83. The largest absolute Gasteiger partial charge is 0.432 e. The number of hydrogen-bond donors (Lipinski definition) is 0. The van der Waals surface area contributed by atoms with Crippen molar-refractivity contribution in [2.75, 3.05) is 0 Å². The summed E-state index contributed by atoms with van der Waals surface area (Å²) in [4.78, 5) is 19.9. The van der Waals surface area contributed by atoms with Gasteiger partial charge >= 0.3 is 11.9 Å². The van der Waals surface area contributed by atoms with Crippen LogP contribution in [0.1, 0.15) is 27.7 Å². The van der Waals surface area contributed by atoms with Crippen LogP contribution in [0.25, 0.3) is 0 Å². The van der Waals surface area contributed by atoms with Crippen molar-refractivity contribution in [2.24, 2.45) is 0 Å². The molecule has 0 spiro atoms. The maximum absolute atomic E-state index is 9.97. The molecule has 0 atom stereocenters. The van der Waals surface area contributed by atoms with Crippen molar-refractivity contribution in [3.63, 3.8) is 0 Å². The third-order valence-corrected chi connectivity index (χ3v) is 0.636. The average molecular weight is 200 g/mol. The van der Waals surface area contributed by atoms with Crippen LogP contribution < -0.4 is 0 Å². The molecule has 0 aliphatic rings. The predicted octanol–water partition coefficient (Wildman–Crippen LogP) is 2.17. The fourth-order valence-electron chi connectivity index (χ4n) is 0.491. The zero-order valence-corrected chi connectivity index (χ0v) is 9.05. The molecule has 80 valence electrons. The Hall–Kier alpha value is -1.58. The van der Waals surface area contributed by atoms with Gasteiger partial charge in [0.1, 0.15) is 0 Å². The van der Waals surface area contributed by atoms with Crippen molar-refractivity contribution in [2.45, 2.75) is 27.7 Å². The lowest BCUT2D eigenvalue weighted by Crippen LogP contribution is -1.93. The van der Waals surface area contributed by atoms with E-state index in [1.165, 1.54) is 13.8 Å². The first-order valence-electron chi connectivity index (χ1n) is 3.93. The van der Waals surface area contributed by atoms with Crippen LogP contribution in [0.4, 0.5) is 0 Å². The molecule has 0 unspecified atom stereocenters. The van der Waals surface area contributed by atoms with Crippen LogP contribution in [0.15, 0.2) is 24.7 Å². The van der Waals surface area contributed by atoms with Crippen LogP contribution in [0.2, 0.25) is 0 Å². The highest BCUT2D eigenvalue weighted by atomic mass is 16.5. The number of carbonyl (C=O) groups is 2. The quantitative estimate of drug-likeness (QED) is 0.506. The van der Waals surface area contributed by atoms with E-state index in [0.29, 0.717) is 11.5 Å². The Labute approximate surface area is 84.2 Å². The molecule has 0 aliphatic carbocycles. The second kappa shape index (κ2) is 8.04. The lowest BCUT2D eigenvalue weighted by atomic mass is 10.6. The van der Waals surface area contributed by atoms with Gasteiger partial charge in [-0.25, -0.2) is 0 Å². The van der Waals surface area contributed by atoms with E-state index in [9.17, 15) is 9.59 Å². The summed E-state index contributed by atoms with van der Waals surface area (Å²) in [5, 5.41) is 0. The lowest BCUT2D eigenvalue weighted by Gasteiger charge is -1.93. The zero-order chi connectivity index (χ0) is 11.7. The molecule has 0 aromatic rings. The van der Waals surface area contributed by atoms with Gasteiger partial charge in [0.15, 0.2) is 0 Å². The predicted molar refractivity (Wildman–Crippen MR) is 53.2 cm³/mol. The summed E-state index contributed by atoms with van der Waals surface area (Å²) in [6.07, 6.45) is 0. The molecule has 0 aliphatic heterocycles. The standard InChI is InChI=1S/2C5H8O2/c2*1-4(2)7-5(3)6/h2*1H2,2-3H3. The molecule has 0 N–H and O–H groups in total. The van der Waals surface area contributed by atoms with Crippen molar-refractivity contribution in [3.8, 4) is 0 Å². The summed E-state index contributed by atoms with van der Waals surface area (Å²) in [5.41, 5.74) is 0. The minimum Gasteiger partial charge on any atom is -0.432 e. The molecular weight excluding hydrogens is 184 g/mol. The van der Waals surface area contributed by atoms with E-state index in [0.717, 1.165) is 0 Å². The third kappa shape index (κ3) is 22.4. The first kappa shape index (κ1) is 14.9. The highest BCUT2D eigenvalue weighted by Crippen LogP contribution is 1.88. The van der Waals surface area contributed by atoms with Gasteiger partial charge in [-0.15, -0.1) is 0 Å². The Bertz CT molecular complexity index is 191. The van der Waals surface area contributed by atoms with Gasteiger partial charge in [-0.1, -0.05) is 13.2 Å². The van der Waals surface area contributed by atoms with Crippen LogP contribution in [0.3, 0.4) is 0 Å². The van der Waals surface area contributed by atoms with Gasteiger partial charge in [-0.3, -0.25) is 9.59 Å². The van der Waals surface area contributed by atoms with Gasteiger partial charge in [-0.05, 0) is 13.8 Å². The van der Waals surface area contributed by atoms with Crippen LogP contribution >= 0.6 is 0 Å². The topological polar surface area (TPSA) is 52.6 Å². The Morgan fingerprint density at radius 1 is 0.786 bits per heavy atom. The highest BCUT2D eigenvalue weighted by Gasteiger charge is 1.88. The van der Waals surface area contributed by atoms with Gasteiger partial charge in [0.05, 0.1) is 11.5 Å². The van der Waals surface area contributed by atoms with Gasteiger partial charge in [-0.2, -0.15) is 0 Å². The zero-order valence-electron chi connectivity index (χ0n) is 9.05. The van der Waals surface area contributed by atoms with Crippen molar-refractivity contribution in [1.29, 1.82) is 0 Å². The van der Waals surface area contributed by atoms with Crippen LogP contribution in [0.5, 0.6) is 0 Å². The molecule has 0 amide bonds. The van der Waals surface area contributed by atoms with Crippen LogP contribution in [-0.2, 0) is 19.1 Å². The Balaban J connectivity index is 0. The Morgan fingerprint density at radius 2 is 1.00 bits per heavy atom. The summed E-state index contributed by atoms with van der Waals surface area (Å²) >= 11 is 0. The molecule has 0 fully saturated rings. The first-order chi connectivity index (χ1) is 6.25. The number of esters is 2. The number of allylic oxidation sites excluding steroid dienone is 2. The molecule has 0 saturated carbocycles. The molecule has 4 heteroatoms. The molecule has 0 heterocycles. The molecule has 14 heavy (non-hydrogen) atoms. The number of carbonyl (C=O) groups excluding carboxylic acids is 2. The second-order valence-corrected chi connectivity index (χ2v) is 2.59. The number of hydrogen-bond acceptors (Lipinski definition) is 4. The lowest BCUT2D eigenvalue weighted by molar-refractivity contribution is -0.137. The van der Waals surface area contributed by atoms with Crippen LogP contribution in [0, 0.1) is 0 Å². The van der Waals surface area contributed by atoms with Gasteiger partial charge in [0.2, 0.25) is 0 Å². The molecule has 0 saturated heterocycles. The number of rotatable bonds is 2. The minimum atomic E-state index is -0.312.